The molecule has 1 N–H and O–H groups in total. The summed E-state index contributed by atoms with van der Waals surface area (Å²) in [6, 6.07) is 4.69. The van der Waals surface area contributed by atoms with Crippen LogP contribution in [0, 0.1) is 5.92 Å². The second-order valence-electron chi connectivity index (χ2n) is 7.21. The number of carbonyl (C=O) groups excluding carboxylic acids is 1. The van der Waals surface area contributed by atoms with Crippen molar-refractivity contribution in [2.45, 2.75) is 25.9 Å². The van der Waals surface area contributed by atoms with Crippen molar-refractivity contribution >= 4 is 17.8 Å². The molecule has 6 nitrogen and oxygen atoms in total. The Bertz CT molecular complexity index is 1090. The quantitative estimate of drug-likeness (QED) is 0.828. The first kappa shape index (κ1) is 19.1. The fourth-order valence-corrected chi connectivity index (χ4v) is 3.34. The number of ether oxygens (including phenoxy) is 1. The van der Waals surface area contributed by atoms with E-state index in [2.05, 4.69) is 21.0 Å². The zero-order valence-corrected chi connectivity index (χ0v) is 16.0. The normalized spacial score (nSPS) is 18.7. The third-order valence-electron chi connectivity index (χ3n) is 5.06. The molecule has 0 aliphatic carbocycles. The van der Waals surface area contributed by atoms with Crippen LogP contribution in [0.5, 0.6) is 5.88 Å². The minimum atomic E-state index is -2.62. The summed E-state index contributed by atoms with van der Waals surface area (Å²) < 4.78 is 31.8. The number of amides is 1. The molecule has 0 unspecified atom stereocenters. The van der Waals surface area contributed by atoms with Gasteiger partial charge in [-0.2, -0.15) is 0 Å². The Labute approximate surface area is 166 Å². The van der Waals surface area contributed by atoms with E-state index in [1.807, 2.05) is 31.1 Å². The summed E-state index contributed by atoms with van der Waals surface area (Å²) in [7, 11) is 1.88. The number of hydrogen-bond donors (Lipinski definition) is 1. The monoisotopic (exact) mass is 398 g/mol. The highest BCUT2D eigenvalue weighted by Crippen LogP contribution is 2.22. The molecule has 0 radical (unpaired) electrons. The molecule has 4 heterocycles. The van der Waals surface area contributed by atoms with Crippen LogP contribution < -0.4 is 20.5 Å². The van der Waals surface area contributed by atoms with Crippen molar-refractivity contribution in [1.82, 2.24) is 20.2 Å². The summed E-state index contributed by atoms with van der Waals surface area (Å²) in [5.74, 6) is 0.480. The van der Waals surface area contributed by atoms with Gasteiger partial charge in [0.15, 0.2) is 0 Å². The molecule has 4 rings (SSSR count). The van der Waals surface area contributed by atoms with Crippen LogP contribution in [0.15, 0.2) is 30.6 Å². The van der Waals surface area contributed by atoms with Crippen molar-refractivity contribution in [3.63, 3.8) is 0 Å². The van der Waals surface area contributed by atoms with Crippen molar-refractivity contribution in [3.05, 3.63) is 46.7 Å². The van der Waals surface area contributed by atoms with Crippen LogP contribution in [0.1, 0.15) is 25.5 Å². The van der Waals surface area contributed by atoms with Gasteiger partial charge in [0.05, 0.1) is 10.9 Å². The lowest BCUT2D eigenvalue weighted by Crippen LogP contribution is -2.35. The third kappa shape index (κ3) is 3.98. The van der Waals surface area contributed by atoms with Crippen LogP contribution >= 0.6 is 0 Å². The number of nitrogens with zero attached hydrogens (tertiary/aromatic N) is 3. The van der Waals surface area contributed by atoms with Gasteiger partial charge in [0.25, 0.3) is 6.43 Å². The minimum absolute atomic E-state index is 0.0157. The lowest BCUT2D eigenvalue weighted by Gasteiger charge is -2.20. The maximum atomic E-state index is 12.8. The molecule has 1 fully saturated rings. The van der Waals surface area contributed by atoms with Crippen molar-refractivity contribution in [3.8, 4) is 17.1 Å². The number of nitrogens with one attached hydrogen (secondary N) is 1. The average Bonchev–Trinajstić information content (AvgIpc) is 3.15. The highest BCUT2D eigenvalue weighted by Gasteiger charge is 2.28. The van der Waals surface area contributed by atoms with Crippen LogP contribution in [0.25, 0.3) is 23.2 Å². The Morgan fingerprint density at radius 1 is 1.38 bits per heavy atom. The largest absolute Gasteiger partial charge is 0.474 e. The molecule has 0 saturated carbocycles. The Morgan fingerprint density at radius 2 is 2.21 bits per heavy atom. The van der Waals surface area contributed by atoms with Crippen molar-refractivity contribution in [1.29, 1.82) is 0 Å². The maximum Gasteiger partial charge on any atom is 0.280 e. The van der Waals surface area contributed by atoms with Gasteiger partial charge in [-0.05, 0) is 25.1 Å². The van der Waals surface area contributed by atoms with Crippen molar-refractivity contribution < 1.29 is 18.3 Å². The van der Waals surface area contributed by atoms with Crippen molar-refractivity contribution in [2.75, 3.05) is 13.6 Å². The van der Waals surface area contributed by atoms with E-state index < -0.39 is 6.43 Å². The number of aromatic nitrogens is 2. The number of fused-ring (bicyclic) bond motifs is 1. The molecule has 150 valence electrons. The zero-order chi connectivity index (χ0) is 20.5. The van der Waals surface area contributed by atoms with Crippen LogP contribution in [-0.4, -0.2) is 40.5 Å². The highest BCUT2D eigenvalue weighted by atomic mass is 19.3. The number of halogens is 2. The smallest absolute Gasteiger partial charge is 0.280 e. The fraction of sp³-hybridized carbons (Fsp3) is 0.333. The summed E-state index contributed by atoms with van der Waals surface area (Å²) in [6.45, 7) is 2.48. The first-order chi connectivity index (χ1) is 13.9. The van der Waals surface area contributed by atoms with Gasteiger partial charge in [0.1, 0.15) is 11.8 Å². The van der Waals surface area contributed by atoms with Gasteiger partial charge in [-0.15, -0.1) is 0 Å². The van der Waals surface area contributed by atoms with Gasteiger partial charge in [-0.1, -0.05) is 5.73 Å². The molecule has 1 saturated heterocycles. The molecular formula is C21H20F2N4O2. The van der Waals surface area contributed by atoms with E-state index in [0.29, 0.717) is 30.1 Å². The summed E-state index contributed by atoms with van der Waals surface area (Å²) in [5, 5.41) is 4.38. The van der Waals surface area contributed by atoms with E-state index in [-0.39, 0.29) is 23.6 Å². The van der Waals surface area contributed by atoms with Gasteiger partial charge in [-0.25, -0.2) is 13.8 Å². The molecule has 2 aromatic heterocycles. The average molecular weight is 398 g/mol. The molecule has 0 aromatic carbocycles. The fourth-order valence-electron chi connectivity index (χ4n) is 3.34. The molecule has 1 amide bonds. The molecule has 8 heteroatoms. The van der Waals surface area contributed by atoms with E-state index in [0.717, 1.165) is 10.4 Å². The Balaban J connectivity index is 1.74. The number of rotatable bonds is 5. The second kappa shape index (κ2) is 7.64. The number of hydrogen-bond acceptors (Lipinski definition) is 5. The predicted molar refractivity (Wildman–Crippen MR) is 103 cm³/mol. The Morgan fingerprint density at radius 3 is 2.86 bits per heavy atom. The van der Waals surface area contributed by atoms with Gasteiger partial charge in [0.2, 0.25) is 11.8 Å². The summed E-state index contributed by atoms with van der Waals surface area (Å²) in [5.41, 5.74) is 4.06. The molecule has 29 heavy (non-hydrogen) atoms. The SMILES string of the molecule is C[C@@H](Oc1nc(-c2ccc(C(F)F)nc2)cc2c1=CN(C)C=C=2)[C@H]1CNC(=O)C1. The van der Waals surface area contributed by atoms with Crippen molar-refractivity contribution in [2.24, 2.45) is 5.92 Å². The zero-order valence-electron chi connectivity index (χ0n) is 16.0. The van der Waals surface area contributed by atoms with E-state index >= 15 is 0 Å². The van der Waals surface area contributed by atoms with Gasteiger partial charge >= 0.3 is 0 Å². The molecule has 0 bridgehead atoms. The molecular weight excluding hydrogens is 378 g/mol. The van der Waals surface area contributed by atoms with Gasteiger partial charge in [-0.3, -0.25) is 9.78 Å². The van der Waals surface area contributed by atoms with Crippen LogP contribution in [-0.2, 0) is 4.79 Å². The van der Waals surface area contributed by atoms with Gasteiger partial charge in [0, 0.05) is 55.3 Å². The summed E-state index contributed by atoms with van der Waals surface area (Å²) in [6.07, 6.45) is 2.62. The van der Waals surface area contributed by atoms with E-state index in [1.54, 1.807) is 12.3 Å². The topological polar surface area (TPSA) is 67.4 Å². The standard InChI is InChI=1S/C21H20F2N4O2/c1-12(15-8-19(28)25-10-15)29-21-16-11-27(2)6-5-13(16)7-18(26-21)14-3-4-17(20(22)23)24-9-14/h3-4,6-7,9,11-12,15,20H,8,10H2,1-2H3,(H,25,28)/t12-,15-/m1/s1. The van der Waals surface area contributed by atoms with E-state index in [1.165, 1.54) is 12.3 Å². The maximum absolute atomic E-state index is 12.8. The minimum Gasteiger partial charge on any atom is -0.474 e. The van der Waals surface area contributed by atoms with Crippen LogP contribution in [0.4, 0.5) is 8.78 Å². The van der Waals surface area contributed by atoms with E-state index in [9.17, 15) is 13.6 Å². The molecule has 2 atom stereocenters. The molecule has 2 aliphatic heterocycles. The Kier molecular flexibility index (Phi) is 5.03. The number of pyridine rings is 2. The first-order valence-corrected chi connectivity index (χ1v) is 9.30. The van der Waals surface area contributed by atoms with Gasteiger partial charge < -0.3 is 15.0 Å². The predicted octanol–water partition coefficient (Wildman–Crippen LogP) is 1.56. The van der Waals surface area contributed by atoms with Crippen LogP contribution in [0.3, 0.4) is 0 Å². The summed E-state index contributed by atoms with van der Waals surface area (Å²) >= 11 is 0. The number of alkyl halides is 2. The molecule has 2 aliphatic rings. The number of carbonyl (C=O) groups is 1. The van der Waals surface area contributed by atoms with E-state index in [4.69, 9.17) is 4.74 Å². The Hall–Kier alpha value is -3.25. The molecule has 0 spiro atoms. The summed E-state index contributed by atoms with van der Waals surface area (Å²) in [4.78, 5) is 21.8. The first-order valence-electron chi connectivity index (χ1n) is 9.30. The lowest BCUT2D eigenvalue weighted by atomic mass is 10.0. The third-order valence-corrected chi connectivity index (χ3v) is 5.06. The van der Waals surface area contributed by atoms with Crippen LogP contribution in [0.2, 0.25) is 0 Å². The molecule has 2 aromatic rings. The second-order valence-corrected chi connectivity index (χ2v) is 7.21. The lowest BCUT2D eigenvalue weighted by molar-refractivity contribution is -0.119. The highest BCUT2D eigenvalue weighted by molar-refractivity contribution is 5.78.